The number of hydrogen-bond donors (Lipinski definition) is 2. The van der Waals surface area contributed by atoms with Gasteiger partial charge in [-0.1, -0.05) is 38.1 Å². The van der Waals surface area contributed by atoms with Crippen molar-refractivity contribution in [3.63, 3.8) is 0 Å². The van der Waals surface area contributed by atoms with E-state index in [1.807, 2.05) is 26.0 Å². The maximum Gasteiger partial charge on any atom is 0.311 e. The fraction of sp³-hybridized carbons (Fsp3) is 0.385. The molecule has 17 heavy (non-hydrogen) atoms. The van der Waals surface area contributed by atoms with E-state index >= 15 is 0 Å². The summed E-state index contributed by atoms with van der Waals surface area (Å²) in [4.78, 5) is 21.6. The summed E-state index contributed by atoms with van der Waals surface area (Å²) >= 11 is 0. The average molecular weight is 236 g/mol. The molecule has 1 aromatic carbocycles. The lowest BCUT2D eigenvalue weighted by atomic mass is 9.93. The van der Waals surface area contributed by atoms with E-state index in [-0.39, 0.29) is 0 Å². The van der Waals surface area contributed by atoms with E-state index in [4.69, 9.17) is 10.2 Å². The van der Waals surface area contributed by atoms with Crippen LogP contribution in [0.25, 0.3) is 0 Å². The summed E-state index contributed by atoms with van der Waals surface area (Å²) in [6.45, 7) is 4.09. The highest BCUT2D eigenvalue weighted by Gasteiger charge is 2.22. The zero-order chi connectivity index (χ0) is 13.0. The highest BCUT2D eigenvalue weighted by Crippen LogP contribution is 2.23. The van der Waals surface area contributed by atoms with E-state index in [2.05, 4.69) is 0 Å². The van der Waals surface area contributed by atoms with Crippen molar-refractivity contribution >= 4 is 11.9 Å². The molecule has 0 aromatic heterocycles. The SMILES string of the molecule is CC(C)c1ccc([C@H](CC(=O)O)C(=O)O)cc1. The van der Waals surface area contributed by atoms with Crippen LogP contribution >= 0.6 is 0 Å². The van der Waals surface area contributed by atoms with Crippen LogP contribution in [0.2, 0.25) is 0 Å². The van der Waals surface area contributed by atoms with Crippen molar-refractivity contribution in [3.8, 4) is 0 Å². The van der Waals surface area contributed by atoms with Crippen molar-refractivity contribution in [3.05, 3.63) is 35.4 Å². The Labute approximate surface area is 99.9 Å². The second kappa shape index (κ2) is 5.48. The molecule has 0 radical (unpaired) electrons. The Kier molecular flexibility index (Phi) is 4.26. The molecule has 1 atom stereocenters. The lowest BCUT2D eigenvalue weighted by Crippen LogP contribution is -2.15. The summed E-state index contributed by atoms with van der Waals surface area (Å²) in [6.07, 6.45) is -0.393. The molecule has 4 nitrogen and oxygen atoms in total. The van der Waals surface area contributed by atoms with E-state index in [1.165, 1.54) is 0 Å². The van der Waals surface area contributed by atoms with Crippen molar-refractivity contribution in [1.82, 2.24) is 0 Å². The quantitative estimate of drug-likeness (QED) is 0.823. The second-order valence-corrected chi connectivity index (χ2v) is 4.31. The van der Waals surface area contributed by atoms with Crippen molar-refractivity contribution in [2.24, 2.45) is 0 Å². The fourth-order valence-corrected chi connectivity index (χ4v) is 1.64. The molecule has 4 heteroatoms. The molecule has 0 aliphatic carbocycles. The normalized spacial score (nSPS) is 12.4. The van der Waals surface area contributed by atoms with Gasteiger partial charge in [0.05, 0.1) is 12.3 Å². The molecule has 0 saturated carbocycles. The minimum absolute atomic E-state index is 0.367. The fourth-order valence-electron chi connectivity index (χ4n) is 1.64. The molecule has 0 spiro atoms. The van der Waals surface area contributed by atoms with Crippen molar-refractivity contribution in [2.45, 2.75) is 32.1 Å². The minimum Gasteiger partial charge on any atom is -0.481 e. The summed E-state index contributed by atoms with van der Waals surface area (Å²) in [5, 5.41) is 17.7. The Bertz CT molecular complexity index is 406. The predicted molar refractivity (Wildman–Crippen MR) is 63.2 cm³/mol. The largest absolute Gasteiger partial charge is 0.481 e. The summed E-state index contributed by atoms with van der Waals surface area (Å²) < 4.78 is 0. The van der Waals surface area contributed by atoms with Crippen LogP contribution in [0, 0.1) is 0 Å². The molecule has 0 bridgehead atoms. The number of carbonyl (C=O) groups is 2. The molecular formula is C13H16O4. The van der Waals surface area contributed by atoms with Gasteiger partial charge >= 0.3 is 11.9 Å². The Morgan fingerprint density at radius 3 is 1.88 bits per heavy atom. The van der Waals surface area contributed by atoms with Gasteiger partial charge in [-0.3, -0.25) is 9.59 Å². The molecule has 0 heterocycles. The van der Waals surface area contributed by atoms with Gasteiger partial charge in [-0.15, -0.1) is 0 Å². The van der Waals surface area contributed by atoms with E-state index < -0.39 is 24.3 Å². The lowest BCUT2D eigenvalue weighted by molar-refractivity contribution is -0.145. The highest BCUT2D eigenvalue weighted by atomic mass is 16.4. The zero-order valence-corrected chi connectivity index (χ0v) is 9.88. The number of carboxylic acids is 2. The van der Waals surface area contributed by atoms with E-state index in [9.17, 15) is 9.59 Å². The maximum absolute atomic E-state index is 11.0. The highest BCUT2D eigenvalue weighted by molar-refractivity contribution is 5.82. The molecule has 2 N–H and O–H groups in total. The number of benzene rings is 1. The summed E-state index contributed by atoms with van der Waals surface area (Å²) in [5.74, 6) is -2.82. The first-order valence-corrected chi connectivity index (χ1v) is 5.46. The molecular weight excluding hydrogens is 220 g/mol. The van der Waals surface area contributed by atoms with E-state index in [1.54, 1.807) is 12.1 Å². The van der Waals surface area contributed by atoms with Crippen LogP contribution in [0.1, 0.15) is 43.2 Å². The van der Waals surface area contributed by atoms with Gasteiger partial charge in [0.2, 0.25) is 0 Å². The monoisotopic (exact) mass is 236 g/mol. The molecule has 0 aliphatic rings. The minimum atomic E-state index is -1.11. The van der Waals surface area contributed by atoms with Crippen LogP contribution in [-0.4, -0.2) is 22.2 Å². The zero-order valence-electron chi connectivity index (χ0n) is 9.88. The smallest absolute Gasteiger partial charge is 0.311 e. The third-order valence-electron chi connectivity index (χ3n) is 2.68. The van der Waals surface area contributed by atoms with Gasteiger partial charge in [0.1, 0.15) is 0 Å². The van der Waals surface area contributed by atoms with Gasteiger partial charge in [-0.05, 0) is 17.0 Å². The first kappa shape index (κ1) is 13.2. The van der Waals surface area contributed by atoms with Crippen LogP contribution in [0.4, 0.5) is 0 Å². The van der Waals surface area contributed by atoms with Gasteiger partial charge in [0, 0.05) is 0 Å². The molecule has 1 rings (SSSR count). The number of aliphatic carboxylic acids is 2. The number of carboxylic acid groups (broad SMARTS) is 2. The van der Waals surface area contributed by atoms with Crippen LogP contribution in [0.5, 0.6) is 0 Å². The lowest BCUT2D eigenvalue weighted by Gasteiger charge is -2.12. The maximum atomic E-state index is 11.0. The summed E-state index contributed by atoms with van der Waals surface area (Å²) in [7, 11) is 0. The molecule has 92 valence electrons. The molecule has 0 amide bonds. The average Bonchev–Trinajstić information content (AvgIpc) is 2.25. The second-order valence-electron chi connectivity index (χ2n) is 4.31. The van der Waals surface area contributed by atoms with Gasteiger partial charge in [-0.2, -0.15) is 0 Å². The van der Waals surface area contributed by atoms with Crippen LogP contribution in [0.15, 0.2) is 24.3 Å². The van der Waals surface area contributed by atoms with Crippen molar-refractivity contribution in [1.29, 1.82) is 0 Å². The first-order valence-electron chi connectivity index (χ1n) is 5.46. The molecule has 1 aromatic rings. The van der Waals surface area contributed by atoms with E-state index in [0.717, 1.165) is 5.56 Å². The summed E-state index contributed by atoms with van der Waals surface area (Å²) in [6, 6.07) is 7.07. The molecule has 0 unspecified atom stereocenters. The first-order chi connectivity index (χ1) is 7.91. The van der Waals surface area contributed by atoms with Crippen LogP contribution in [0.3, 0.4) is 0 Å². The Morgan fingerprint density at radius 1 is 1.06 bits per heavy atom. The van der Waals surface area contributed by atoms with Crippen molar-refractivity contribution < 1.29 is 19.8 Å². The standard InChI is InChI=1S/C13H16O4/c1-8(2)9-3-5-10(6-4-9)11(13(16)17)7-12(14)15/h3-6,8,11H,7H2,1-2H3,(H,14,15)(H,16,17)/t11-/m0/s1. The van der Waals surface area contributed by atoms with Crippen LogP contribution in [-0.2, 0) is 9.59 Å². The van der Waals surface area contributed by atoms with Gasteiger partial charge in [0.25, 0.3) is 0 Å². The van der Waals surface area contributed by atoms with Crippen molar-refractivity contribution in [2.75, 3.05) is 0 Å². The predicted octanol–water partition coefficient (Wildman–Crippen LogP) is 2.45. The van der Waals surface area contributed by atoms with Gasteiger partial charge < -0.3 is 10.2 Å². The Balaban J connectivity index is 2.95. The third kappa shape index (κ3) is 3.59. The summed E-state index contributed by atoms with van der Waals surface area (Å²) in [5.41, 5.74) is 1.64. The Morgan fingerprint density at radius 2 is 1.53 bits per heavy atom. The molecule has 0 aliphatic heterocycles. The van der Waals surface area contributed by atoms with Crippen LogP contribution < -0.4 is 0 Å². The van der Waals surface area contributed by atoms with E-state index in [0.29, 0.717) is 11.5 Å². The van der Waals surface area contributed by atoms with Gasteiger partial charge in [-0.25, -0.2) is 0 Å². The Hall–Kier alpha value is -1.84. The topological polar surface area (TPSA) is 74.6 Å². The molecule has 0 fully saturated rings. The third-order valence-corrected chi connectivity index (χ3v) is 2.68. The number of hydrogen-bond acceptors (Lipinski definition) is 2. The van der Waals surface area contributed by atoms with Gasteiger partial charge in [0.15, 0.2) is 0 Å². The number of rotatable bonds is 5. The molecule has 0 saturated heterocycles.